The summed E-state index contributed by atoms with van der Waals surface area (Å²) >= 11 is 0. The first-order valence-electron chi connectivity index (χ1n) is 8.54. The Balaban J connectivity index is 1.45. The van der Waals surface area contributed by atoms with Crippen molar-refractivity contribution in [3.8, 4) is 0 Å². The van der Waals surface area contributed by atoms with Crippen LogP contribution in [0, 0.1) is 11.6 Å². The fraction of sp³-hybridized carbons (Fsp3) is 0.250. The molecule has 0 saturated heterocycles. The molecule has 0 aliphatic rings. The number of hydrogen-bond acceptors (Lipinski definition) is 2. The summed E-state index contributed by atoms with van der Waals surface area (Å²) in [6, 6.07) is 11.1. The van der Waals surface area contributed by atoms with E-state index in [0.29, 0.717) is 12.1 Å². The first-order chi connectivity index (χ1) is 12.5. The quantitative estimate of drug-likeness (QED) is 0.607. The van der Waals surface area contributed by atoms with Crippen LogP contribution in [-0.2, 0) is 11.2 Å². The minimum Gasteiger partial charge on any atom is -0.361 e. The van der Waals surface area contributed by atoms with Crippen LogP contribution in [0.5, 0.6) is 0 Å². The molecule has 3 aromatic rings. The molecule has 0 radical (unpaired) electrons. The number of benzene rings is 2. The molecule has 26 heavy (non-hydrogen) atoms. The van der Waals surface area contributed by atoms with Gasteiger partial charge in [-0.2, -0.15) is 0 Å². The van der Waals surface area contributed by atoms with Gasteiger partial charge in [-0.05, 0) is 31.0 Å². The van der Waals surface area contributed by atoms with Gasteiger partial charge in [0, 0.05) is 41.3 Å². The first kappa shape index (κ1) is 18.1. The molecule has 136 valence electrons. The fourth-order valence-corrected chi connectivity index (χ4v) is 2.95. The lowest BCUT2D eigenvalue weighted by atomic mass is 10.1. The molecule has 1 atom stereocenters. The highest BCUT2D eigenvalue weighted by atomic mass is 19.1. The van der Waals surface area contributed by atoms with Crippen molar-refractivity contribution in [2.24, 2.45) is 0 Å². The number of rotatable bonds is 7. The lowest BCUT2D eigenvalue weighted by molar-refractivity contribution is -0.120. The zero-order valence-corrected chi connectivity index (χ0v) is 14.5. The average Bonchev–Trinajstić information content (AvgIpc) is 3.03. The van der Waals surface area contributed by atoms with Gasteiger partial charge in [0.1, 0.15) is 11.6 Å². The summed E-state index contributed by atoms with van der Waals surface area (Å²) in [5, 5.41) is 6.95. The molecule has 0 aliphatic heterocycles. The van der Waals surface area contributed by atoms with Crippen LogP contribution in [0.25, 0.3) is 10.9 Å². The maximum Gasteiger partial charge on any atom is 0.233 e. The number of fused-ring (bicyclic) bond motifs is 1. The number of aromatic nitrogens is 1. The standard InChI is InChI=1S/C20H21F2N3O/c1-13(16-7-6-15(21)10-18(16)22)24-12-20(26)23-9-8-14-11-25-19-5-3-2-4-17(14)19/h2-7,10-11,13,24-25H,8-9,12H2,1H3,(H,23,26)/t13-/m0/s1. The summed E-state index contributed by atoms with van der Waals surface area (Å²) in [5.41, 5.74) is 2.55. The van der Waals surface area contributed by atoms with Gasteiger partial charge in [0.2, 0.25) is 5.91 Å². The maximum atomic E-state index is 13.7. The summed E-state index contributed by atoms with van der Waals surface area (Å²) in [7, 11) is 0. The Morgan fingerprint density at radius 3 is 2.81 bits per heavy atom. The van der Waals surface area contributed by atoms with Crippen molar-refractivity contribution >= 4 is 16.8 Å². The van der Waals surface area contributed by atoms with Crippen LogP contribution in [0.3, 0.4) is 0 Å². The van der Waals surface area contributed by atoms with Crippen molar-refractivity contribution in [3.63, 3.8) is 0 Å². The molecule has 0 bridgehead atoms. The minimum absolute atomic E-state index is 0.0614. The highest BCUT2D eigenvalue weighted by Crippen LogP contribution is 2.18. The Hall–Kier alpha value is -2.73. The van der Waals surface area contributed by atoms with Crippen molar-refractivity contribution in [2.45, 2.75) is 19.4 Å². The third-order valence-electron chi connectivity index (χ3n) is 4.39. The third-order valence-corrected chi connectivity index (χ3v) is 4.39. The van der Waals surface area contributed by atoms with Gasteiger partial charge in [-0.1, -0.05) is 24.3 Å². The second-order valence-electron chi connectivity index (χ2n) is 6.23. The smallest absolute Gasteiger partial charge is 0.233 e. The Kier molecular flexibility index (Phi) is 5.63. The second kappa shape index (κ2) is 8.10. The van der Waals surface area contributed by atoms with Gasteiger partial charge in [0.25, 0.3) is 0 Å². The zero-order valence-electron chi connectivity index (χ0n) is 14.5. The van der Waals surface area contributed by atoms with Crippen LogP contribution < -0.4 is 10.6 Å². The van der Waals surface area contributed by atoms with Crippen LogP contribution in [-0.4, -0.2) is 24.0 Å². The molecule has 1 amide bonds. The van der Waals surface area contributed by atoms with E-state index in [1.807, 2.05) is 30.5 Å². The lowest BCUT2D eigenvalue weighted by Gasteiger charge is -2.15. The zero-order chi connectivity index (χ0) is 18.5. The van der Waals surface area contributed by atoms with E-state index in [-0.39, 0.29) is 12.5 Å². The van der Waals surface area contributed by atoms with Gasteiger partial charge in [-0.3, -0.25) is 4.79 Å². The number of hydrogen-bond donors (Lipinski definition) is 3. The molecular weight excluding hydrogens is 336 g/mol. The molecule has 0 spiro atoms. The molecule has 4 nitrogen and oxygen atoms in total. The summed E-state index contributed by atoms with van der Waals surface area (Å²) in [6.45, 7) is 2.31. The molecule has 1 aromatic heterocycles. The predicted molar refractivity (Wildman–Crippen MR) is 97.8 cm³/mol. The average molecular weight is 357 g/mol. The normalized spacial score (nSPS) is 12.3. The Bertz CT molecular complexity index is 907. The van der Waals surface area contributed by atoms with Gasteiger partial charge in [0.15, 0.2) is 0 Å². The van der Waals surface area contributed by atoms with E-state index in [1.165, 1.54) is 12.1 Å². The lowest BCUT2D eigenvalue weighted by Crippen LogP contribution is -2.36. The number of aromatic amines is 1. The fourth-order valence-electron chi connectivity index (χ4n) is 2.95. The number of amides is 1. The summed E-state index contributed by atoms with van der Waals surface area (Å²) in [4.78, 5) is 15.2. The maximum absolute atomic E-state index is 13.7. The Morgan fingerprint density at radius 1 is 1.19 bits per heavy atom. The van der Waals surface area contributed by atoms with Gasteiger partial charge in [0.05, 0.1) is 6.54 Å². The van der Waals surface area contributed by atoms with Crippen LogP contribution in [0.1, 0.15) is 24.1 Å². The minimum atomic E-state index is -0.621. The van der Waals surface area contributed by atoms with Crippen LogP contribution in [0.4, 0.5) is 8.78 Å². The van der Waals surface area contributed by atoms with Crippen molar-refractivity contribution < 1.29 is 13.6 Å². The third kappa shape index (κ3) is 4.26. The number of carbonyl (C=O) groups excluding carboxylic acids is 1. The molecular formula is C20H21F2N3O. The van der Waals surface area contributed by atoms with Crippen LogP contribution in [0.2, 0.25) is 0 Å². The topological polar surface area (TPSA) is 56.9 Å². The summed E-state index contributed by atoms with van der Waals surface area (Å²) in [6.07, 6.45) is 2.67. The first-order valence-corrected chi connectivity index (χ1v) is 8.54. The second-order valence-corrected chi connectivity index (χ2v) is 6.23. The van der Waals surface area contributed by atoms with E-state index < -0.39 is 17.7 Å². The van der Waals surface area contributed by atoms with E-state index in [0.717, 1.165) is 29.0 Å². The number of H-pyrrole nitrogens is 1. The number of nitrogens with one attached hydrogen (secondary N) is 3. The molecule has 3 rings (SSSR count). The van der Waals surface area contributed by atoms with Gasteiger partial charge < -0.3 is 15.6 Å². The molecule has 1 heterocycles. The molecule has 2 aromatic carbocycles. The highest BCUT2D eigenvalue weighted by Gasteiger charge is 2.12. The van der Waals surface area contributed by atoms with E-state index in [2.05, 4.69) is 15.6 Å². The van der Waals surface area contributed by atoms with E-state index in [9.17, 15) is 13.6 Å². The molecule has 6 heteroatoms. The van der Waals surface area contributed by atoms with Crippen LogP contribution in [0.15, 0.2) is 48.7 Å². The molecule has 0 saturated carbocycles. The summed E-state index contributed by atoms with van der Waals surface area (Å²) in [5.74, 6) is -1.41. The van der Waals surface area contributed by atoms with Gasteiger partial charge in [-0.25, -0.2) is 8.78 Å². The largest absolute Gasteiger partial charge is 0.361 e. The van der Waals surface area contributed by atoms with Crippen molar-refractivity contribution in [1.29, 1.82) is 0 Å². The SMILES string of the molecule is C[C@H](NCC(=O)NCCc1c[nH]c2ccccc12)c1ccc(F)cc1F. The number of carbonyl (C=O) groups is 1. The predicted octanol–water partition coefficient (Wildman–Crippen LogP) is 3.46. The van der Waals surface area contributed by atoms with E-state index >= 15 is 0 Å². The van der Waals surface area contributed by atoms with Crippen molar-refractivity contribution in [3.05, 3.63) is 71.4 Å². The molecule has 3 N–H and O–H groups in total. The summed E-state index contributed by atoms with van der Waals surface area (Å²) < 4.78 is 26.7. The Morgan fingerprint density at radius 2 is 2.00 bits per heavy atom. The van der Waals surface area contributed by atoms with Crippen molar-refractivity contribution in [1.82, 2.24) is 15.6 Å². The van der Waals surface area contributed by atoms with E-state index in [1.54, 1.807) is 6.92 Å². The highest BCUT2D eigenvalue weighted by molar-refractivity contribution is 5.83. The molecule has 0 unspecified atom stereocenters. The molecule has 0 aliphatic carbocycles. The monoisotopic (exact) mass is 357 g/mol. The molecule has 0 fully saturated rings. The van der Waals surface area contributed by atoms with Crippen molar-refractivity contribution in [2.75, 3.05) is 13.1 Å². The van der Waals surface area contributed by atoms with Gasteiger partial charge in [-0.15, -0.1) is 0 Å². The van der Waals surface area contributed by atoms with Gasteiger partial charge >= 0.3 is 0 Å². The Labute approximate surface area is 150 Å². The van der Waals surface area contributed by atoms with E-state index in [4.69, 9.17) is 0 Å². The number of para-hydroxylation sites is 1. The number of halogens is 2. The van der Waals surface area contributed by atoms with Crippen LogP contribution >= 0.6 is 0 Å².